The van der Waals surface area contributed by atoms with Gasteiger partial charge < -0.3 is 4.74 Å². The molecule has 4 rings (SSSR count). The Balaban J connectivity index is 1.53. The summed E-state index contributed by atoms with van der Waals surface area (Å²) in [5, 5.41) is 0. The van der Waals surface area contributed by atoms with Gasteiger partial charge >= 0.3 is 6.18 Å². The fourth-order valence-electron chi connectivity index (χ4n) is 5.56. The van der Waals surface area contributed by atoms with Gasteiger partial charge in [-0.3, -0.25) is 0 Å². The lowest BCUT2D eigenvalue weighted by Crippen LogP contribution is -2.17. The summed E-state index contributed by atoms with van der Waals surface area (Å²) in [6.45, 7) is 2.19. The molecule has 0 spiro atoms. The molecule has 0 aromatic heterocycles. The van der Waals surface area contributed by atoms with Crippen LogP contribution in [0.3, 0.4) is 0 Å². The van der Waals surface area contributed by atoms with E-state index in [9.17, 15) is 13.2 Å². The largest absolute Gasteiger partial charge is 0.497 e. The van der Waals surface area contributed by atoms with Crippen LogP contribution in [-0.4, -0.2) is 7.11 Å². The quantitative estimate of drug-likeness (QED) is 0.281. The molecule has 5 heteroatoms. The first-order chi connectivity index (χ1) is 17.3. The fourth-order valence-corrected chi connectivity index (χ4v) is 5.56. The molecule has 1 fully saturated rings. The van der Waals surface area contributed by atoms with Crippen molar-refractivity contribution in [3.8, 4) is 28.0 Å². The van der Waals surface area contributed by atoms with Gasteiger partial charge in [0.1, 0.15) is 11.6 Å². The molecule has 3 aromatic carbocycles. The number of ether oxygens (including phenoxy) is 1. The number of benzene rings is 3. The summed E-state index contributed by atoms with van der Waals surface area (Å²) >= 11 is 0. The highest BCUT2D eigenvalue weighted by Gasteiger charge is 2.38. The second-order valence-electron chi connectivity index (χ2n) is 9.98. The SMILES string of the molecule is CCCC1CCC(CCc2ccc(-c3ccc(-c4ccc(OC)cc4)cc3)c(F)c2C(F)(F)F)CC1. The molecule has 0 amide bonds. The molecule has 3 aromatic rings. The van der Waals surface area contributed by atoms with Gasteiger partial charge in [0, 0.05) is 5.56 Å². The van der Waals surface area contributed by atoms with Gasteiger partial charge in [0.2, 0.25) is 0 Å². The van der Waals surface area contributed by atoms with E-state index in [1.165, 1.54) is 25.0 Å². The highest BCUT2D eigenvalue weighted by atomic mass is 19.4. The van der Waals surface area contributed by atoms with E-state index >= 15 is 4.39 Å². The highest BCUT2D eigenvalue weighted by Crippen LogP contribution is 2.40. The molecule has 1 nitrogen and oxygen atoms in total. The average Bonchev–Trinajstić information content (AvgIpc) is 2.88. The number of rotatable bonds is 8. The van der Waals surface area contributed by atoms with Gasteiger partial charge in [-0.25, -0.2) is 4.39 Å². The summed E-state index contributed by atoms with van der Waals surface area (Å²) in [5.74, 6) is 0.738. The normalized spacial score (nSPS) is 18.3. The zero-order valence-electron chi connectivity index (χ0n) is 21.0. The van der Waals surface area contributed by atoms with Crippen LogP contribution in [0.25, 0.3) is 22.3 Å². The van der Waals surface area contributed by atoms with Gasteiger partial charge in [-0.2, -0.15) is 13.2 Å². The Kier molecular flexibility index (Phi) is 8.38. The zero-order valence-corrected chi connectivity index (χ0v) is 21.0. The number of hydrogen-bond donors (Lipinski definition) is 0. The molecular formula is C31H34F4O. The highest BCUT2D eigenvalue weighted by molar-refractivity contribution is 5.72. The molecule has 0 radical (unpaired) electrons. The number of aryl methyl sites for hydroxylation is 1. The van der Waals surface area contributed by atoms with Crippen LogP contribution in [0.1, 0.15) is 63.0 Å². The van der Waals surface area contributed by atoms with Crippen molar-refractivity contribution in [3.63, 3.8) is 0 Å². The maximum atomic E-state index is 15.4. The van der Waals surface area contributed by atoms with Crippen LogP contribution in [0, 0.1) is 17.7 Å². The second-order valence-corrected chi connectivity index (χ2v) is 9.98. The molecule has 36 heavy (non-hydrogen) atoms. The minimum atomic E-state index is -4.74. The summed E-state index contributed by atoms with van der Waals surface area (Å²) < 4.78 is 62.6. The topological polar surface area (TPSA) is 9.23 Å². The Bertz CT molecular complexity index is 1120. The van der Waals surface area contributed by atoms with E-state index in [1.807, 2.05) is 24.3 Å². The predicted molar refractivity (Wildman–Crippen MR) is 138 cm³/mol. The van der Waals surface area contributed by atoms with Crippen LogP contribution in [0.2, 0.25) is 0 Å². The Hall–Kier alpha value is -2.82. The molecule has 0 N–H and O–H groups in total. The van der Waals surface area contributed by atoms with Crippen LogP contribution in [0.5, 0.6) is 5.75 Å². The minimum Gasteiger partial charge on any atom is -0.497 e. The number of hydrogen-bond acceptors (Lipinski definition) is 1. The van der Waals surface area contributed by atoms with Crippen molar-refractivity contribution < 1.29 is 22.3 Å². The van der Waals surface area contributed by atoms with Gasteiger partial charge in [-0.05, 0) is 59.1 Å². The molecule has 1 aliphatic carbocycles. The predicted octanol–water partition coefficient (Wildman–Crippen LogP) is 9.73. The van der Waals surface area contributed by atoms with Gasteiger partial charge in [0.15, 0.2) is 0 Å². The van der Waals surface area contributed by atoms with Crippen molar-refractivity contribution in [1.29, 1.82) is 0 Å². The number of halogens is 4. The first kappa shape index (κ1) is 26.2. The summed E-state index contributed by atoms with van der Waals surface area (Å²) in [5.41, 5.74) is 1.19. The van der Waals surface area contributed by atoms with E-state index in [0.717, 1.165) is 48.5 Å². The second kappa shape index (κ2) is 11.5. The molecule has 0 unspecified atom stereocenters. The van der Waals surface area contributed by atoms with Gasteiger partial charge in [-0.1, -0.05) is 94.0 Å². The van der Waals surface area contributed by atoms with Crippen molar-refractivity contribution in [2.24, 2.45) is 11.8 Å². The summed E-state index contributed by atoms with van der Waals surface area (Å²) in [6, 6.07) is 17.4. The molecule has 0 atom stereocenters. The van der Waals surface area contributed by atoms with E-state index in [-0.39, 0.29) is 17.5 Å². The summed E-state index contributed by atoms with van der Waals surface area (Å²) in [6.07, 6.45) is 3.05. The zero-order chi connectivity index (χ0) is 25.7. The van der Waals surface area contributed by atoms with Crippen molar-refractivity contribution in [1.82, 2.24) is 0 Å². The first-order valence-corrected chi connectivity index (χ1v) is 12.9. The smallest absolute Gasteiger partial charge is 0.419 e. The first-order valence-electron chi connectivity index (χ1n) is 12.9. The van der Waals surface area contributed by atoms with Crippen molar-refractivity contribution in [2.75, 3.05) is 7.11 Å². The molecule has 1 aliphatic rings. The molecular weight excluding hydrogens is 464 g/mol. The number of alkyl halides is 3. The fraction of sp³-hybridized carbons (Fsp3) is 0.419. The van der Waals surface area contributed by atoms with E-state index in [4.69, 9.17) is 4.74 Å². The van der Waals surface area contributed by atoms with Gasteiger partial charge in [-0.15, -0.1) is 0 Å². The minimum absolute atomic E-state index is 0.0209. The van der Waals surface area contributed by atoms with E-state index in [2.05, 4.69) is 6.92 Å². The van der Waals surface area contributed by atoms with Crippen molar-refractivity contribution in [3.05, 3.63) is 77.6 Å². The van der Waals surface area contributed by atoms with Crippen LogP contribution in [0.4, 0.5) is 17.6 Å². The van der Waals surface area contributed by atoms with E-state index in [0.29, 0.717) is 17.9 Å². The van der Waals surface area contributed by atoms with Crippen molar-refractivity contribution >= 4 is 0 Å². The van der Waals surface area contributed by atoms with Crippen LogP contribution in [0.15, 0.2) is 60.7 Å². The standard InChI is InChI=1S/C31H34F4O/c1-3-4-21-5-7-22(8-6-21)9-10-26-17-20-28(30(32)29(26)31(33,34)35)25-13-11-23(12-14-25)24-15-18-27(36-2)19-16-24/h11-22H,3-10H2,1-2H3. The summed E-state index contributed by atoms with van der Waals surface area (Å²) in [4.78, 5) is 0. The summed E-state index contributed by atoms with van der Waals surface area (Å²) in [7, 11) is 1.59. The third-order valence-electron chi connectivity index (χ3n) is 7.62. The molecule has 192 valence electrons. The number of methoxy groups -OCH3 is 1. The Morgan fingerprint density at radius 2 is 1.28 bits per heavy atom. The maximum absolute atomic E-state index is 15.4. The lowest BCUT2D eigenvalue weighted by Gasteiger charge is -2.28. The van der Waals surface area contributed by atoms with Crippen LogP contribution < -0.4 is 4.74 Å². The Morgan fingerprint density at radius 1 is 0.750 bits per heavy atom. The Labute approximate surface area is 211 Å². The van der Waals surface area contributed by atoms with Crippen molar-refractivity contribution in [2.45, 2.75) is 64.5 Å². The van der Waals surface area contributed by atoms with Gasteiger partial charge in [0.05, 0.1) is 12.7 Å². The van der Waals surface area contributed by atoms with Gasteiger partial charge in [0.25, 0.3) is 0 Å². The lowest BCUT2D eigenvalue weighted by atomic mass is 9.78. The third-order valence-corrected chi connectivity index (χ3v) is 7.62. The van der Waals surface area contributed by atoms with E-state index in [1.54, 1.807) is 31.4 Å². The molecule has 0 heterocycles. The van der Waals surface area contributed by atoms with Crippen LogP contribution >= 0.6 is 0 Å². The maximum Gasteiger partial charge on any atom is 0.419 e. The Morgan fingerprint density at radius 3 is 1.81 bits per heavy atom. The molecule has 0 aliphatic heterocycles. The third kappa shape index (κ3) is 6.11. The molecule has 0 saturated heterocycles. The lowest BCUT2D eigenvalue weighted by molar-refractivity contribution is -0.140. The molecule has 1 saturated carbocycles. The monoisotopic (exact) mass is 498 g/mol. The average molecular weight is 499 g/mol. The molecule has 0 bridgehead atoms. The van der Waals surface area contributed by atoms with Crippen LogP contribution in [-0.2, 0) is 12.6 Å². The van der Waals surface area contributed by atoms with E-state index < -0.39 is 17.6 Å².